The van der Waals surface area contributed by atoms with Crippen LogP contribution in [-0.4, -0.2) is 27.7 Å². The first-order valence-electron chi connectivity index (χ1n) is 5.63. The van der Waals surface area contributed by atoms with Gasteiger partial charge >= 0.3 is 0 Å². The lowest BCUT2D eigenvalue weighted by atomic mass is 9.87. The fourth-order valence-electron chi connectivity index (χ4n) is 2.13. The Labute approximate surface area is 100 Å². The van der Waals surface area contributed by atoms with Crippen molar-refractivity contribution in [1.82, 2.24) is 9.97 Å². The Balaban J connectivity index is 1.82. The number of aliphatic hydroxyl groups is 1. The van der Waals surface area contributed by atoms with Gasteiger partial charge in [0.1, 0.15) is 17.3 Å². The molecule has 2 unspecified atom stereocenters. The lowest BCUT2D eigenvalue weighted by Gasteiger charge is -2.26. The number of rotatable bonds is 3. The zero-order valence-corrected chi connectivity index (χ0v) is 9.82. The maximum atomic E-state index is 9.55. The van der Waals surface area contributed by atoms with Gasteiger partial charge in [0.25, 0.3) is 0 Å². The summed E-state index contributed by atoms with van der Waals surface area (Å²) in [6.07, 6.45) is 5.41. The average molecular weight is 242 g/mol. The zero-order valence-electron chi connectivity index (χ0n) is 9.06. The number of hydrogen-bond acceptors (Lipinski definition) is 4. The van der Waals surface area contributed by atoms with E-state index in [9.17, 15) is 5.11 Å². The maximum absolute atomic E-state index is 9.55. The van der Waals surface area contributed by atoms with E-state index in [0.717, 1.165) is 31.6 Å². The summed E-state index contributed by atoms with van der Waals surface area (Å²) in [7, 11) is 0. The molecule has 5 heteroatoms. The van der Waals surface area contributed by atoms with Crippen molar-refractivity contribution in [2.45, 2.75) is 31.8 Å². The molecule has 0 aliphatic heterocycles. The third kappa shape index (κ3) is 3.32. The summed E-state index contributed by atoms with van der Waals surface area (Å²) in [4.78, 5) is 7.89. The van der Waals surface area contributed by atoms with Gasteiger partial charge in [-0.05, 0) is 25.2 Å². The van der Waals surface area contributed by atoms with Crippen molar-refractivity contribution in [3.05, 3.63) is 17.5 Å². The van der Waals surface area contributed by atoms with Crippen molar-refractivity contribution in [2.75, 3.05) is 11.9 Å². The lowest BCUT2D eigenvalue weighted by Crippen LogP contribution is -2.25. The normalized spacial score (nSPS) is 25.4. The molecule has 0 radical (unpaired) electrons. The molecule has 1 heterocycles. The fourth-order valence-corrected chi connectivity index (χ4v) is 2.27. The van der Waals surface area contributed by atoms with Gasteiger partial charge in [0.15, 0.2) is 0 Å². The van der Waals surface area contributed by atoms with Crippen molar-refractivity contribution in [1.29, 1.82) is 0 Å². The topological polar surface area (TPSA) is 58.0 Å². The van der Waals surface area contributed by atoms with Crippen LogP contribution < -0.4 is 5.32 Å². The number of nitrogens with zero attached hydrogens (tertiary/aromatic N) is 2. The van der Waals surface area contributed by atoms with Gasteiger partial charge in [0.2, 0.25) is 0 Å². The highest BCUT2D eigenvalue weighted by molar-refractivity contribution is 6.29. The summed E-state index contributed by atoms with van der Waals surface area (Å²) in [5.41, 5.74) is 0. The van der Waals surface area contributed by atoms with Gasteiger partial charge < -0.3 is 10.4 Å². The van der Waals surface area contributed by atoms with E-state index in [1.807, 2.05) is 0 Å². The number of nitrogens with one attached hydrogen (secondary N) is 1. The van der Waals surface area contributed by atoms with Gasteiger partial charge in [0, 0.05) is 12.6 Å². The maximum Gasteiger partial charge on any atom is 0.134 e. The summed E-state index contributed by atoms with van der Waals surface area (Å²) < 4.78 is 0. The van der Waals surface area contributed by atoms with E-state index in [1.54, 1.807) is 6.07 Å². The summed E-state index contributed by atoms with van der Waals surface area (Å²) in [6, 6.07) is 1.71. The molecule has 1 aliphatic carbocycles. The van der Waals surface area contributed by atoms with Crippen molar-refractivity contribution in [2.24, 2.45) is 5.92 Å². The van der Waals surface area contributed by atoms with Crippen LogP contribution in [0.15, 0.2) is 12.4 Å². The highest BCUT2D eigenvalue weighted by Gasteiger charge is 2.19. The van der Waals surface area contributed by atoms with Gasteiger partial charge in [-0.15, -0.1) is 0 Å². The smallest absolute Gasteiger partial charge is 0.134 e. The third-order valence-electron chi connectivity index (χ3n) is 2.96. The lowest BCUT2D eigenvalue weighted by molar-refractivity contribution is 0.104. The summed E-state index contributed by atoms with van der Waals surface area (Å²) in [5, 5.41) is 13.2. The van der Waals surface area contributed by atoms with E-state index >= 15 is 0 Å². The Morgan fingerprint density at radius 1 is 1.44 bits per heavy atom. The van der Waals surface area contributed by atoms with Gasteiger partial charge in [-0.3, -0.25) is 0 Å². The molecule has 2 atom stereocenters. The van der Waals surface area contributed by atoms with Crippen molar-refractivity contribution in [3.8, 4) is 0 Å². The van der Waals surface area contributed by atoms with Gasteiger partial charge in [-0.25, -0.2) is 9.97 Å². The van der Waals surface area contributed by atoms with Gasteiger partial charge in [0.05, 0.1) is 6.10 Å². The van der Waals surface area contributed by atoms with Crippen LogP contribution in [0, 0.1) is 5.92 Å². The molecule has 0 bridgehead atoms. The van der Waals surface area contributed by atoms with E-state index in [4.69, 9.17) is 11.6 Å². The van der Waals surface area contributed by atoms with Crippen LogP contribution in [0.2, 0.25) is 5.15 Å². The van der Waals surface area contributed by atoms with Crippen LogP contribution in [0.5, 0.6) is 0 Å². The quantitative estimate of drug-likeness (QED) is 0.796. The standard InChI is InChI=1S/C11H16ClN3O/c12-10-5-11(15-7-14-10)13-6-8-2-1-3-9(16)4-8/h5,7-9,16H,1-4,6H2,(H,13,14,15). The highest BCUT2D eigenvalue weighted by Crippen LogP contribution is 2.24. The molecule has 0 aromatic carbocycles. The molecule has 4 nitrogen and oxygen atoms in total. The van der Waals surface area contributed by atoms with Crippen molar-refractivity contribution >= 4 is 17.4 Å². The second-order valence-electron chi connectivity index (χ2n) is 4.29. The molecular formula is C11H16ClN3O. The van der Waals surface area contributed by atoms with E-state index < -0.39 is 0 Å². The van der Waals surface area contributed by atoms with E-state index in [-0.39, 0.29) is 6.10 Å². The largest absolute Gasteiger partial charge is 0.393 e. The Morgan fingerprint density at radius 2 is 2.31 bits per heavy atom. The monoisotopic (exact) mass is 241 g/mol. The molecule has 1 fully saturated rings. The van der Waals surface area contributed by atoms with Crippen LogP contribution in [0.1, 0.15) is 25.7 Å². The second kappa shape index (κ2) is 5.46. The number of aliphatic hydroxyl groups excluding tert-OH is 1. The molecule has 1 saturated carbocycles. The summed E-state index contributed by atoms with van der Waals surface area (Å²) in [6.45, 7) is 0.838. The number of halogens is 1. The Morgan fingerprint density at radius 3 is 3.06 bits per heavy atom. The van der Waals surface area contributed by atoms with Crippen molar-refractivity contribution in [3.63, 3.8) is 0 Å². The molecule has 16 heavy (non-hydrogen) atoms. The van der Waals surface area contributed by atoms with Crippen LogP contribution in [0.25, 0.3) is 0 Å². The molecule has 2 N–H and O–H groups in total. The molecule has 0 saturated heterocycles. The molecular weight excluding hydrogens is 226 g/mol. The first-order chi connectivity index (χ1) is 7.74. The van der Waals surface area contributed by atoms with Gasteiger partial charge in [-0.2, -0.15) is 0 Å². The predicted molar refractivity (Wildman–Crippen MR) is 63.5 cm³/mol. The molecule has 2 rings (SSSR count). The van der Waals surface area contributed by atoms with Crippen molar-refractivity contribution < 1.29 is 5.11 Å². The van der Waals surface area contributed by atoms with Gasteiger partial charge in [-0.1, -0.05) is 18.0 Å². The second-order valence-corrected chi connectivity index (χ2v) is 4.68. The zero-order chi connectivity index (χ0) is 11.4. The Kier molecular flexibility index (Phi) is 3.96. The molecule has 1 aliphatic rings. The van der Waals surface area contributed by atoms with Crippen LogP contribution in [0.4, 0.5) is 5.82 Å². The number of aromatic nitrogens is 2. The molecule has 0 amide bonds. The molecule has 0 spiro atoms. The minimum absolute atomic E-state index is 0.130. The van der Waals surface area contributed by atoms with Crippen LogP contribution >= 0.6 is 11.6 Å². The Hall–Kier alpha value is -0.870. The van der Waals surface area contributed by atoms with E-state index in [2.05, 4.69) is 15.3 Å². The van der Waals surface area contributed by atoms with Crippen LogP contribution in [-0.2, 0) is 0 Å². The molecule has 1 aromatic heterocycles. The average Bonchev–Trinajstić information content (AvgIpc) is 2.27. The molecule has 1 aromatic rings. The third-order valence-corrected chi connectivity index (χ3v) is 3.17. The van der Waals surface area contributed by atoms with Crippen LogP contribution in [0.3, 0.4) is 0 Å². The van der Waals surface area contributed by atoms with E-state index in [1.165, 1.54) is 12.7 Å². The minimum Gasteiger partial charge on any atom is -0.393 e. The highest BCUT2D eigenvalue weighted by atomic mass is 35.5. The number of hydrogen-bond donors (Lipinski definition) is 2. The first kappa shape index (κ1) is 11.6. The van der Waals surface area contributed by atoms with E-state index in [0.29, 0.717) is 11.1 Å². The minimum atomic E-state index is -0.130. The summed E-state index contributed by atoms with van der Waals surface area (Å²) >= 11 is 5.76. The predicted octanol–water partition coefficient (Wildman–Crippen LogP) is 2.09. The SMILES string of the molecule is OC1CCCC(CNc2cc(Cl)ncn2)C1. The first-order valence-corrected chi connectivity index (χ1v) is 6.01. The fraction of sp³-hybridized carbons (Fsp3) is 0.636. The number of anilines is 1. The summed E-state index contributed by atoms with van der Waals surface area (Å²) in [5.74, 6) is 1.28. The molecule has 88 valence electrons. The Bertz CT molecular complexity index is 348.